The molecule has 0 saturated heterocycles. The number of hydrogen-bond acceptors (Lipinski definition) is 8. The summed E-state index contributed by atoms with van der Waals surface area (Å²) in [6.45, 7) is 8.91. The van der Waals surface area contributed by atoms with Gasteiger partial charge in [-0.25, -0.2) is 0 Å². The van der Waals surface area contributed by atoms with E-state index in [1.54, 1.807) is 0 Å². The Kier molecular flexibility index (Phi) is 28.0. The maximum atomic E-state index is 12.1. The lowest BCUT2D eigenvalue weighted by Gasteiger charge is -2.29. The molecule has 0 heterocycles. The van der Waals surface area contributed by atoms with Crippen LogP contribution >= 0.6 is 0 Å². The SMILES string of the molecule is CCCCCCCCCCC1c2cc(c(O)cc2O)C(CCCCCCCCCC)c2cc(c(O)cc2O)C(CCCCCCCCCC)c2cc(c(O)cc2O)C(CCCCCCCCCC)c2cc1c(O)cc2O. The van der Waals surface area contributed by atoms with Crippen LogP contribution in [0.1, 0.15) is 327 Å². The molecule has 8 heteroatoms. The van der Waals surface area contributed by atoms with Crippen LogP contribution in [0.15, 0.2) is 48.5 Å². The molecular formula is C68H104O8. The molecule has 0 radical (unpaired) electrons. The van der Waals surface area contributed by atoms with Crippen LogP contribution in [0.3, 0.4) is 0 Å². The van der Waals surface area contributed by atoms with Crippen LogP contribution in [0.25, 0.3) is 0 Å². The van der Waals surface area contributed by atoms with Gasteiger partial charge in [-0.1, -0.05) is 233 Å². The van der Waals surface area contributed by atoms with Gasteiger partial charge in [0, 0.05) is 92.4 Å². The average molecular weight is 1050 g/mol. The zero-order valence-electron chi connectivity index (χ0n) is 48.0. The van der Waals surface area contributed by atoms with Crippen LogP contribution in [0.5, 0.6) is 46.0 Å². The molecule has 0 aliphatic heterocycles. The summed E-state index contributed by atoms with van der Waals surface area (Å²) in [5.74, 6) is -2.90. The van der Waals surface area contributed by atoms with E-state index >= 15 is 0 Å². The lowest BCUT2D eigenvalue weighted by atomic mass is 9.76. The Balaban J connectivity index is 1.72. The van der Waals surface area contributed by atoms with Crippen molar-refractivity contribution >= 4 is 0 Å². The van der Waals surface area contributed by atoms with Gasteiger partial charge >= 0.3 is 0 Å². The Bertz CT molecular complexity index is 1860. The highest BCUT2D eigenvalue weighted by Crippen LogP contribution is 2.52. The maximum Gasteiger partial charge on any atom is 0.123 e. The first-order valence-corrected chi connectivity index (χ1v) is 31.2. The number of rotatable bonds is 36. The molecule has 0 fully saturated rings. The minimum atomic E-state index is -0.539. The minimum absolute atomic E-state index is 0.0934. The van der Waals surface area contributed by atoms with Crippen molar-refractivity contribution in [2.75, 3.05) is 0 Å². The second-order valence-electron chi connectivity index (χ2n) is 23.1. The molecule has 5 rings (SSSR count). The van der Waals surface area contributed by atoms with Gasteiger partial charge in [0.1, 0.15) is 46.0 Å². The van der Waals surface area contributed by atoms with E-state index in [0.717, 1.165) is 103 Å². The van der Waals surface area contributed by atoms with Crippen molar-refractivity contribution in [2.45, 2.75) is 283 Å². The van der Waals surface area contributed by atoms with E-state index in [1.165, 1.54) is 127 Å². The molecule has 4 aromatic carbocycles. The molecule has 8 bridgehead atoms. The predicted octanol–water partition coefficient (Wildman–Crippen LogP) is 20.3. The summed E-state index contributed by atoms with van der Waals surface area (Å²) in [4.78, 5) is 0. The fourth-order valence-electron chi connectivity index (χ4n) is 12.5. The second-order valence-corrected chi connectivity index (χ2v) is 23.1. The van der Waals surface area contributed by atoms with Gasteiger partial charge in [0.25, 0.3) is 0 Å². The third kappa shape index (κ3) is 18.7. The van der Waals surface area contributed by atoms with E-state index in [2.05, 4.69) is 27.7 Å². The Labute approximate surface area is 460 Å². The molecule has 0 atom stereocenters. The van der Waals surface area contributed by atoms with E-state index in [0.29, 0.717) is 70.2 Å². The number of hydrogen-bond donors (Lipinski definition) is 8. The van der Waals surface area contributed by atoms with Crippen molar-refractivity contribution in [1.82, 2.24) is 0 Å². The van der Waals surface area contributed by atoms with Crippen molar-refractivity contribution < 1.29 is 40.9 Å². The molecule has 76 heavy (non-hydrogen) atoms. The van der Waals surface area contributed by atoms with E-state index in [1.807, 2.05) is 24.3 Å². The van der Waals surface area contributed by atoms with Crippen molar-refractivity contribution in [3.8, 4) is 46.0 Å². The largest absolute Gasteiger partial charge is 0.508 e. The number of benzene rings is 4. The number of fused-ring (bicyclic) bond motifs is 8. The fraction of sp³-hybridized carbons (Fsp3) is 0.647. The van der Waals surface area contributed by atoms with E-state index < -0.39 is 23.7 Å². The van der Waals surface area contributed by atoms with Gasteiger partial charge in [-0.3, -0.25) is 0 Å². The first-order valence-electron chi connectivity index (χ1n) is 31.2. The normalized spacial score (nSPS) is 16.4. The van der Waals surface area contributed by atoms with Gasteiger partial charge < -0.3 is 40.9 Å². The van der Waals surface area contributed by atoms with E-state index in [4.69, 9.17) is 0 Å². The summed E-state index contributed by atoms with van der Waals surface area (Å²) >= 11 is 0. The molecule has 0 spiro atoms. The van der Waals surface area contributed by atoms with Gasteiger partial charge in [-0.2, -0.15) is 0 Å². The molecule has 0 unspecified atom stereocenters. The van der Waals surface area contributed by atoms with Gasteiger partial charge in [-0.05, 0) is 49.9 Å². The van der Waals surface area contributed by atoms with Crippen LogP contribution in [0, 0.1) is 0 Å². The third-order valence-corrected chi connectivity index (χ3v) is 17.1. The van der Waals surface area contributed by atoms with Crippen LogP contribution in [0.4, 0.5) is 0 Å². The number of phenolic OH excluding ortho intramolecular Hbond substituents is 8. The molecule has 424 valence electrons. The molecule has 1 aliphatic carbocycles. The zero-order valence-corrected chi connectivity index (χ0v) is 48.0. The van der Waals surface area contributed by atoms with Gasteiger partial charge in [0.15, 0.2) is 0 Å². The standard InChI is InChI=1S/C68H104O8/c1-5-9-13-17-21-25-29-33-37-49-53-41-55(63(71)45-61(53)69)50(38-34-30-26-22-18-14-10-6-2)57-43-59(67(75)47-65(57)73)52(40-36-32-28-24-20-16-12-8-4)60-44-58(66(74)48-68(60)76)51(39-35-31-27-23-19-15-11-7-3)56-42-54(49)62(70)46-64(56)72/h41-52,69-76H,5-40H2,1-4H3. The Morgan fingerprint density at radius 3 is 0.474 bits per heavy atom. The molecule has 0 saturated carbocycles. The summed E-state index contributed by atoms with van der Waals surface area (Å²) in [7, 11) is 0. The number of phenols is 8. The van der Waals surface area contributed by atoms with Gasteiger partial charge in [0.2, 0.25) is 0 Å². The maximum absolute atomic E-state index is 12.1. The first kappa shape index (κ1) is 62.1. The quantitative estimate of drug-likeness (QED) is 0.0209. The number of aromatic hydroxyl groups is 8. The van der Waals surface area contributed by atoms with Crippen molar-refractivity contribution in [3.05, 3.63) is 93.0 Å². The highest BCUT2D eigenvalue weighted by atomic mass is 16.3. The van der Waals surface area contributed by atoms with Gasteiger partial charge in [-0.15, -0.1) is 0 Å². The summed E-state index contributed by atoms with van der Waals surface area (Å²) in [6, 6.07) is 13.2. The fourth-order valence-corrected chi connectivity index (χ4v) is 12.5. The molecule has 8 nitrogen and oxygen atoms in total. The highest BCUT2D eigenvalue weighted by Gasteiger charge is 2.33. The van der Waals surface area contributed by atoms with E-state index in [9.17, 15) is 40.9 Å². The monoisotopic (exact) mass is 1050 g/mol. The van der Waals surface area contributed by atoms with Crippen LogP contribution in [-0.4, -0.2) is 40.9 Å². The lowest BCUT2D eigenvalue weighted by Crippen LogP contribution is -2.11. The Morgan fingerprint density at radius 1 is 0.197 bits per heavy atom. The zero-order chi connectivity index (χ0) is 54.7. The van der Waals surface area contributed by atoms with Crippen molar-refractivity contribution in [2.24, 2.45) is 0 Å². The van der Waals surface area contributed by atoms with Crippen LogP contribution in [-0.2, 0) is 0 Å². The Hall–Kier alpha value is -4.72. The third-order valence-electron chi connectivity index (χ3n) is 17.1. The topological polar surface area (TPSA) is 162 Å². The smallest absolute Gasteiger partial charge is 0.123 e. The van der Waals surface area contributed by atoms with Crippen molar-refractivity contribution in [3.63, 3.8) is 0 Å². The van der Waals surface area contributed by atoms with Crippen molar-refractivity contribution in [1.29, 1.82) is 0 Å². The molecule has 1 aliphatic rings. The first-order chi connectivity index (χ1) is 36.9. The minimum Gasteiger partial charge on any atom is -0.508 e. The molecule has 8 N–H and O–H groups in total. The average Bonchev–Trinajstić information content (AvgIpc) is 3.39. The van der Waals surface area contributed by atoms with Crippen LogP contribution < -0.4 is 0 Å². The highest BCUT2D eigenvalue weighted by molar-refractivity contribution is 5.62. The summed E-state index contributed by atoms with van der Waals surface area (Å²) in [5, 5.41) is 96.6. The number of unbranched alkanes of at least 4 members (excludes halogenated alkanes) is 28. The lowest BCUT2D eigenvalue weighted by molar-refractivity contribution is 0.418. The van der Waals surface area contributed by atoms with E-state index in [-0.39, 0.29) is 46.0 Å². The van der Waals surface area contributed by atoms with Gasteiger partial charge in [0.05, 0.1) is 0 Å². The van der Waals surface area contributed by atoms with Crippen LogP contribution in [0.2, 0.25) is 0 Å². The summed E-state index contributed by atoms with van der Waals surface area (Å²) in [5.41, 5.74) is 4.42. The molecule has 0 amide bonds. The second kappa shape index (κ2) is 34.2. The summed E-state index contributed by atoms with van der Waals surface area (Å²) in [6.07, 6.45) is 37.7. The summed E-state index contributed by atoms with van der Waals surface area (Å²) < 4.78 is 0. The predicted molar refractivity (Wildman–Crippen MR) is 315 cm³/mol. The molecule has 4 aromatic rings. The Morgan fingerprint density at radius 2 is 0.329 bits per heavy atom. The molecule has 0 aromatic heterocycles. The molecular weight excluding hydrogens is 945 g/mol.